The van der Waals surface area contributed by atoms with Gasteiger partial charge in [-0.25, -0.2) is 0 Å². The Kier molecular flexibility index (Phi) is 4.73. The summed E-state index contributed by atoms with van der Waals surface area (Å²) in [6.07, 6.45) is 0.798. The molecular weight excluding hydrogens is 232 g/mol. The number of rotatable bonds is 5. The maximum Gasteiger partial charge on any atom is 0.225 e. The van der Waals surface area contributed by atoms with Gasteiger partial charge in [-0.15, -0.1) is 0 Å². The Morgan fingerprint density at radius 3 is 2.61 bits per heavy atom. The summed E-state index contributed by atoms with van der Waals surface area (Å²) < 4.78 is 0. The second-order valence-corrected chi connectivity index (χ2v) is 5.89. The zero-order valence-electron chi connectivity index (χ0n) is 11.7. The zero-order chi connectivity index (χ0) is 13.9. The fourth-order valence-corrected chi connectivity index (χ4v) is 2.18. The largest absolute Gasteiger partial charge is 0.396 e. The van der Waals surface area contributed by atoms with E-state index in [4.69, 9.17) is 5.11 Å². The van der Waals surface area contributed by atoms with Crippen molar-refractivity contribution in [3.8, 4) is 0 Å². The number of nitrogens with one attached hydrogen (secondary N) is 1. The van der Waals surface area contributed by atoms with Crippen LogP contribution in [-0.2, 0) is 9.59 Å². The molecule has 0 aromatic heterocycles. The molecule has 1 aliphatic heterocycles. The van der Waals surface area contributed by atoms with Crippen LogP contribution in [0.4, 0.5) is 0 Å². The maximum atomic E-state index is 12.1. The number of amides is 2. The SMILES string of the molecule is CC(C)N1CC(C(=O)NC(C)(C)CCO)CC1=O. The van der Waals surface area contributed by atoms with Gasteiger partial charge in [-0.3, -0.25) is 9.59 Å². The van der Waals surface area contributed by atoms with Crippen molar-refractivity contribution in [2.75, 3.05) is 13.2 Å². The van der Waals surface area contributed by atoms with Crippen LogP contribution < -0.4 is 5.32 Å². The summed E-state index contributed by atoms with van der Waals surface area (Å²) in [5, 5.41) is 11.8. The Bertz CT molecular complexity index is 326. The molecule has 2 N–H and O–H groups in total. The maximum absolute atomic E-state index is 12.1. The van der Waals surface area contributed by atoms with Gasteiger partial charge in [0.05, 0.1) is 5.92 Å². The Hall–Kier alpha value is -1.10. The third-order valence-corrected chi connectivity index (χ3v) is 3.35. The highest BCUT2D eigenvalue weighted by Crippen LogP contribution is 2.21. The van der Waals surface area contributed by atoms with Crippen LogP contribution in [0.1, 0.15) is 40.5 Å². The normalized spacial score (nSPS) is 20.7. The van der Waals surface area contributed by atoms with E-state index in [1.165, 1.54) is 0 Å². The van der Waals surface area contributed by atoms with Crippen molar-refractivity contribution in [2.24, 2.45) is 5.92 Å². The molecule has 1 unspecified atom stereocenters. The molecule has 1 rings (SSSR count). The molecule has 1 fully saturated rings. The molecule has 1 atom stereocenters. The number of aliphatic hydroxyl groups is 1. The second kappa shape index (κ2) is 5.69. The van der Waals surface area contributed by atoms with Crippen molar-refractivity contribution in [3.05, 3.63) is 0 Å². The third-order valence-electron chi connectivity index (χ3n) is 3.35. The lowest BCUT2D eigenvalue weighted by atomic mass is 9.99. The van der Waals surface area contributed by atoms with E-state index in [0.29, 0.717) is 19.4 Å². The fourth-order valence-electron chi connectivity index (χ4n) is 2.18. The summed E-state index contributed by atoms with van der Waals surface area (Å²) in [7, 11) is 0. The molecule has 2 amide bonds. The predicted molar refractivity (Wildman–Crippen MR) is 68.9 cm³/mol. The van der Waals surface area contributed by atoms with Crippen molar-refractivity contribution < 1.29 is 14.7 Å². The van der Waals surface area contributed by atoms with Crippen molar-refractivity contribution in [2.45, 2.75) is 52.1 Å². The van der Waals surface area contributed by atoms with Crippen LogP contribution in [0.2, 0.25) is 0 Å². The van der Waals surface area contributed by atoms with Crippen molar-refractivity contribution in [1.29, 1.82) is 0 Å². The fraction of sp³-hybridized carbons (Fsp3) is 0.846. The average Bonchev–Trinajstić information content (AvgIpc) is 2.59. The molecule has 0 aromatic carbocycles. The van der Waals surface area contributed by atoms with Crippen molar-refractivity contribution >= 4 is 11.8 Å². The number of carbonyl (C=O) groups is 2. The van der Waals surface area contributed by atoms with E-state index in [-0.39, 0.29) is 30.4 Å². The van der Waals surface area contributed by atoms with E-state index in [1.807, 2.05) is 27.7 Å². The lowest BCUT2D eigenvalue weighted by Crippen LogP contribution is -2.47. The van der Waals surface area contributed by atoms with Crippen molar-refractivity contribution in [1.82, 2.24) is 10.2 Å². The number of likely N-dealkylation sites (tertiary alicyclic amines) is 1. The standard InChI is InChI=1S/C13H24N2O3/c1-9(2)15-8-10(7-11(15)17)12(18)14-13(3,4)5-6-16/h9-10,16H,5-8H2,1-4H3,(H,14,18). The topological polar surface area (TPSA) is 69.6 Å². The van der Waals surface area contributed by atoms with Crippen LogP contribution in [0.25, 0.3) is 0 Å². The van der Waals surface area contributed by atoms with Gasteiger partial charge < -0.3 is 15.3 Å². The lowest BCUT2D eigenvalue weighted by Gasteiger charge is -2.27. The summed E-state index contributed by atoms with van der Waals surface area (Å²) in [4.78, 5) is 25.5. The third kappa shape index (κ3) is 3.70. The molecule has 104 valence electrons. The van der Waals surface area contributed by atoms with Crippen LogP contribution in [0.5, 0.6) is 0 Å². The molecular formula is C13H24N2O3. The molecule has 1 heterocycles. The summed E-state index contributed by atoms with van der Waals surface area (Å²) >= 11 is 0. The van der Waals surface area contributed by atoms with E-state index < -0.39 is 5.54 Å². The highest BCUT2D eigenvalue weighted by atomic mass is 16.3. The number of hydrogen-bond donors (Lipinski definition) is 2. The van der Waals surface area contributed by atoms with E-state index in [0.717, 1.165) is 0 Å². The average molecular weight is 256 g/mol. The molecule has 0 aromatic rings. The minimum atomic E-state index is -0.430. The van der Waals surface area contributed by atoms with Gasteiger partial charge in [0.1, 0.15) is 0 Å². The van der Waals surface area contributed by atoms with E-state index >= 15 is 0 Å². The van der Waals surface area contributed by atoms with Gasteiger partial charge in [0.25, 0.3) is 0 Å². The van der Waals surface area contributed by atoms with Gasteiger partial charge in [0, 0.05) is 31.2 Å². The quantitative estimate of drug-likeness (QED) is 0.753. The minimum Gasteiger partial charge on any atom is -0.396 e. The lowest BCUT2D eigenvalue weighted by molar-refractivity contribution is -0.130. The number of aliphatic hydroxyl groups excluding tert-OH is 1. The molecule has 1 saturated heterocycles. The molecule has 0 spiro atoms. The van der Waals surface area contributed by atoms with Gasteiger partial charge in [-0.2, -0.15) is 0 Å². The number of carbonyl (C=O) groups excluding carboxylic acids is 2. The van der Waals surface area contributed by atoms with Gasteiger partial charge >= 0.3 is 0 Å². The molecule has 0 aliphatic carbocycles. The van der Waals surface area contributed by atoms with Crippen molar-refractivity contribution in [3.63, 3.8) is 0 Å². The van der Waals surface area contributed by atoms with Gasteiger partial charge in [-0.1, -0.05) is 0 Å². The zero-order valence-corrected chi connectivity index (χ0v) is 11.7. The number of hydrogen-bond acceptors (Lipinski definition) is 3. The molecule has 5 nitrogen and oxygen atoms in total. The first-order valence-corrected chi connectivity index (χ1v) is 6.49. The molecule has 0 saturated carbocycles. The van der Waals surface area contributed by atoms with Gasteiger partial charge in [0.2, 0.25) is 11.8 Å². The Morgan fingerprint density at radius 2 is 2.17 bits per heavy atom. The van der Waals surface area contributed by atoms with E-state index in [9.17, 15) is 9.59 Å². The van der Waals surface area contributed by atoms with E-state index in [1.54, 1.807) is 4.90 Å². The van der Waals surface area contributed by atoms with Crippen LogP contribution in [0.3, 0.4) is 0 Å². The monoisotopic (exact) mass is 256 g/mol. The van der Waals surface area contributed by atoms with Crippen LogP contribution in [0.15, 0.2) is 0 Å². The molecule has 5 heteroatoms. The first-order valence-electron chi connectivity index (χ1n) is 6.49. The highest BCUT2D eigenvalue weighted by molar-refractivity contribution is 5.89. The highest BCUT2D eigenvalue weighted by Gasteiger charge is 2.36. The Morgan fingerprint density at radius 1 is 1.56 bits per heavy atom. The van der Waals surface area contributed by atoms with Crippen LogP contribution in [-0.4, -0.2) is 46.6 Å². The smallest absolute Gasteiger partial charge is 0.225 e. The minimum absolute atomic E-state index is 0.0367. The first kappa shape index (κ1) is 15.0. The Labute approximate surface area is 109 Å². The number of nitrogens with zero attached hydrogens (tertiary/aromatic N) is 1. The molecule has 18 heavy (non-hydrogen) atoms. The van der Waals surface area contributed by atoms with Gasteiger partial charge in [-0.05, 0) is 34.1 Å². The molecule has 0 bridgehead atoms. The molecule has 1 aliphatic rings. The second-order valence-electron chi connectivity index (χ2n) is 5.89. The first-order chi connectivity index (χ1) is 8.26. The van der Waals surface area contributed by atoms with Crippen LogP contribution in [0, 0.1) is 5.92 Å². The van der Waals surface area contributed by atoms with E-state index in [2.05, 4.69) is 5.32 Å². The Balaban J connectivity index is 2.57. The summed E-state index contributed by atoms with van der Waals surface area (Å²) in [5.74, 6) is -0.312. The van der Waals surface area contributed by atoms with Crippen LogP contribution >= 0.6 is 0 Å². The summed E-state index contributed by atoms with van der Waals surface area (Å²) in [6.45, 7) is 8.19. The summed E-state index contributed by atoms with van der Waals surface area (Å²) in [5.41, 5.74) is -0.430. The molecule has 0 radical (unpaired) electrons. The summed E-state index contributed by atoms with van der Waals surface area (Å²) in [6, 6.07) is 0.140. The van der Waals surface area contributed by atoms with Gasteiger partial charge in [0.15, 0.2) is 0 Å². The predicted octanol–water partition coefficient (Wildman–Crippen LogP) is 0.520.